The fraction of sp³-hybridized carbons (Fsp3) is 0.190. The average Bonchev–Trinajstić information content (AvgIpc) is 2.78. The molecule has 3 aromatic rings. The predicted molar refractivity (Wildman–Crippen MR) is 107 cm³/mol. The van der Waals surface area contributed by atoms with Crippen LogP contribution in [0.1, 0.15) is 11.1 Å². The maximum absolute atomic E-state index is 9.42. The lowest BCUT2D eigenvalue weighted by Crippen LogP contribution is -2.02. The Morgan fingerprint density at radius 3 is 2.21 bits per heavy atom. The minimum Gasteiger partial charge on any atom is -0.493 e. The number of nitrogens with one attached hydrogen (secondary N) is 1. The molecule has 1 heterocycles. The second-order valence-corrected chi connectivity index (χ2v) is 5.96. The van der Waals surface area contributed by atoms with Gasteiger partial charge in [0.05, 0.1) is 45.4 Å². The Labute approximate surface area is 168 Å². The van der Waals surface area contributed by atoms with Crippen molar-refractivity contribution < 1.29 is 19.3 Å². The van der Waals surface area contributed by atoms with Gasteiger partial charge in [0.15, 0.2) is 11.5 Å². The van der Waals surface area contributed by atoms with E-state index in [-0.39, 0.29) is 6.61 Å². The summed E-state index contributed by atoms with van der Waals surface area (Å²) < 4.78 is 16.0. The van der Waals surface area contributed by atoms with Gasteiger partial charge in [0, 0.05) is 23.4 Å². The van der Waals surface area contributed by atoms with E-state index < -0.39 is 0 Å². The van der Waals surface area contributed by atoms with Gasteiger partial charge in [-0.3, -0.25) is 0 Å². The Balaban J connectivity index is 1.99. The van der Waals surface area contributed by atoms with Crippen molar-refractivity contribution in [3.63, 3.8) is 0 Å². The number of hydrogen-bond donors (Lipinski definition) is 2. The molecular weight excluding hydrogens is 372 g/mol. The summed E-state index contributed by atoms with van der Waals surface area (Å²) in [6.45, 7) is -0.0525. The molecular formula is C21H20N4O4. The Morgan fingerprint density at radius 2 is 1.69 bits per heavy atom. The van der Waals surface area contributed by atoms with Crippen LogP contribution in [0, 0.1) is 11.3 Å². The van der Waals surface area contributed by atoms with Crippen molar-refractivity contribution in [1.29, 1.82) is 5.26 Å². The first kappa shape index (κ1) is 19.9. The van der Waals surface area contributed by atoms with Crippen molar-refractivity contribution in [3.05, 3.63) is 53.7 Å². The van der Waals surface area contributed by atoms with Gasteiger partial charge in [-0.15, -0.1) is 0 Å². The fourth-order valence-corrected chi connectivity index (χ4v) is 2.79. The third-order valence-corrected chi connectivity index (χ3v) is 4.24. The Hall–Kier alpha value is -3.83. The van der Waals surface area contributed by atoms with E-state index in [0.717, 1.165) is 11.1 Å². The third kappa shape index (κ3) is 4.20. The van der Waals surface area contributed by atoms with Gasteiger partial charge in [0.1, 0.15) is 6.07 Å². The number of methoxy groups -OCH3 is 3. The molecule has 2 aromatic carbocycles. The SMILES string of the molecule is COc1cc(Nc2ncc(C#N)c(-c3ccc(CO)cc3)n2)cc(OC)c1OC. The van der Waals surface area contributed by atoms with Crippen LogP contribution in [0.2, 0.25) is 0 Å². The second kappa shape index (κ2) is 8.91. The highest BCUT2D eigenvalue weighted by molar-refractivity contribution is 5.70. The number of aromatic nitrogens is 2. The van der Waals surface area contributed by atoms with Gasteiger partial charge >= 0.3 is 0 Å². The van der Waals surface area contributed by atoms with E-state index in [1.165, 1.54) is 27.5 Å². The summed E-state index contributed by atoms with van der Waals surface area (Å²) in [6.07, 6.45) is 1.46. The van der Waals surface area contributed by atoms with E-state index in [1.54, 1.807) is 36.4 Å². The summed E-state index contributed by atoms with van der Waals surface area (Å²) >= 11 is 0. The fourth-order valence-electron chi connectivity index (χ4n) is 2.79. The number of nitriles is 1. The van der Waals surface area contributed by atoms with Gasteiger partial charge in [-0.2, -0.15) is 5.26 Å². The Kier molecular flexibility index (Phi) is 6.12. The van der Waals surface area contributed by atoms with Gasteiger partial charge < -0.3 is 24.6 Å². The zero-order valence-electron chi connectivity index (χ0n) is 16.3. The molecule has 0 amide bonds. The molecule has 8 nitrogen and oxygen atoms in total. The van der Waals surface area contributed by atoms with Crippen molar-refractivity contribution in [2.45, 2.75) is 6.61 Å². The van der Waals surface area contributed by atoms with Gasteiger partial charge in [0.2, 0.25) is 11.7 Å². The number of hydrogen-bond acceptors (Lipinski definition) is 8. The van der Waals surface area contributed by atoms with E-state index in [2.05, 4.69) is 21.4 Å². The predicted octanol–water partition coefficient (Wildman–Crippen LogP) is 3.28. The topological polar surface area (TPSA) is 110 Å². The van der Waals surface area contributed by atoms with Crippen molar-refractivity contribution in [2.24, 2.45) is 0 Å². The van der Waals surface area contributed by atoms with Crippen LogP contribution in [0.5, 0.6) is 17.2 Å². The Bertz CT molecular complexity index is 1020. The molecule has 0 atom stereocenters. The maximum Gasteiger partial charge on any atom is 0.227 e. The average molecular weight is 392 g/mol. The molecule has 0 radical (unpaired) electrons. The van der Waals surface area contributed by atoms with Crippen LogP contribution in [0.25, 0.3) is 11.3 Å². The molecule has 29 heavy (non-hydrogen) atoms. The lowest BCUT2D eigenvalue weighted by molar-refractivity contribution is 0.282. The highest BCUT2D eigenvalue weighted by atomic mass is 16.5. The van der Waals surface area contributed by atoms with Gasteiger partial charge in [-0.05, 0) is 5.56 Å². The molecule has 148 valence electrons. The molecule has 0 saturated carbocycles. The second-order valence-electron chi connectivity index (χ2n) is 5.96. The zero-order chi connectivity index (χ0) is 20.8. The van der Waals surface area contributed by atoms with Crippen molar-refractivity contribution in [1.82, 2.24) is 9.97 Å². The van der Waals surface area contributed by atoms with E-state index in [1.807, 2.05) is 0 Å². The van der Waals surface area contributed by atoms with Crippen LogP contribution in [-0.4, -0.2) is 36.4 Å². The Morgan fingerprint density at radius 1 is 1.03 bits per heavy atom. The van der Waals surface area contributed by atoms with Gasteiger partial charge in [-0.25, -0.2) is 9.97 Å². The maximum atomic E-state index is 9.42. The van der Waals surface area contributed by atoms with E-state index in [9.17, 15) is 10.4 Å². The van der Waals surface area contributed by atoms with Crippen LogP contribution in [0.4, 0.5) is 11.6 Å². The smallest absolute Gasteiger partial charge is 0.227 e. The van der Waals surface area contributed by atoms with Crippen LogP contribution < -0.4 is 19.5 Å². The van der Waals surface area contributed by atoms with Crippen molar-refractivity contribution in [3.8, 4) is 34.6 Å². The highest BCUT2D eigenvalue weighted by Crippen LogP contribution is 2.40. The summed E-state index contributed by atoms with van der Waals surface area (Å²) in [6, 6.07) is 12.7. The molecule has 0 saturated heterocycles. The summed E-state index contributed by atoms with van der Waals surface area (Å²) in [5.74, 6) is 1.76. The number of rotatable bonds is 7. The first-order chi connectivity index (χ1) is 14.1. The normalized spacial score (nSPS) is 10.2. The molecule has 0 bridgehead atoms. The van der Waals surface area contributed by atoms with Crippen LogP contribution >= 0.6 is 0 Å². The lowest BCUT2D eigenvalue weighted by atomic mass is 10.1. The molecule has 0 spiro atoms. The molecule has 0 aliphatic heterocycles. The number of aliphatic hydroxyl groups is 1. The number of benzene rings is 2. The molecule has 8 heteroatoms. The lowest BCUT2D eigenvalue weighted by Gasteiger charge is -2.15. The van der Waals surface area contributed by atoms with Crippen molar-refractivity contribution in [2.75, 3.05) is 26.6 Å². The number of anilines is 2. The molecule has 1 aromatic heterocycles. The largest absolute Gasteiger partial charge is 0.493 e. The van der Waals surface area contributed by atoms with E-state index in [0.29, 0.717) is 40.1 Å². The number of aliphatic hydroxyl groups excluding tert-OH is 1. The third-order valence-electron chi connectivity index (χ3n) is 4.24. The standard InChI is InChI=1S/C21H20N4O4/c1-27-17-8-16(9-18(28-2)20(17)29-3)24-21-23-11-15(10-22)19(25-21)14-6-4-13(12-26)5-7-14/h4-9,11,26H,12H2,1-3H3,(H,23,24,25). The quantitative estimate of drug-likeness (QED) is 0.630. The van der Waals surface area contributed by atoms with E-state index in [4.69, 9.17) is 14.2 Å². The molecule has 0 unspecified atom stereocenters. The highest BCUT2D eigenvalue weighted by Gasteiger charge is 2.15. The van der Waals surface area contributed by atoms with Crippen LogP contribution in [0.3, 0.4) is 0 Å². The zero-order valence-corrected chi connectivity index (χ0v) is 16.3. The van der Waals surface area contributed by atoms with Gasteiger partial charge in [-0.1, -0.05) is 24.3 Å². The first-order valence-electron chi connectivity index (χ1n) is 8.67. The van der Waals surface area contributed by atoms with E-state index >= 15 is 0 Å². The summed E-state index contributed by atoms with van der Waals surface area (Å²) in [7, 11) is 4.60. The number of nitrogens with zero attached hydrogens (tertiary/aromatic N) is 3. The number of ether oxygens (including phenoxy) is 3. The molecule has 3 rings (SSSR count). The van der Waals surface area contributed by atoms with Crippen LogP contribution in [0.15, 0.2) is 42.6 Å². The van der Waals surface area contributed by atoms with Gasteiger partial charge in [0.25, 0.3) is 0 Å². The molecule has 0 aliphatic carbocycles. The minimum absolute atomic E-state index is 0.0525. The summed E-state index contributed by atoms with van der Waals surface area (Å²) in [5, 5.41) is 21.7. The monoisotopic (exact) mass is 392 g/mol. The van der Waals surface area contributed by atoms with Crippen molar-refractivity contribution >= 4 is 11.6 Å². The summed E-state index contributed by atoms with van der Waals surface area (Å²) in [5.41, 5.74) is 2.98. The minimum atomic E-state index is -0.0525. The first-order valence-corrected chi connectivity index (χ1v) is 8.67. The molecule has 0 fully saturated rings. The summed E-state index contributed by atoms with van der Waals surface area (Å²) in [4.78, 5) is 8.72. The van der Waals surface area contributed by atoms with Crippen LogP contribution in [-0.2, 0) is 6.61 Å². The molecule has 2 N–H and O–H groups in total. The molecule has 0 aliphatic rings.